The lowest BCUT2D eigenvalue weighted by Gasteiger charge is -2.22. The monoisotopic (exact) mass is 287 g/mol. The molecule has 0 saturated heterocycles. The third-order valence-corrected chi connectivity index (χ3v) is 3.58. The fourth-order valence-corrected chi connectivity index (χ4v) is 2.11. The van der Waals surface area contributed by atoms with Gasteiger partial charge in [0.15, 0.2) is 11.5 Å². The summed E-state index contributed by atoms with van der Waals surface area (Å²) in [6.07, 6.45) is 0. The molecule has 0 saturated carbocycles. The van der Waals surface area contributed by atoms with Gasteiger partial charge in [-0.1, -0.05) is 15.9 Å². The highest BCUT2D eigenvalue weighted by atomic mass is 79.9. The first-order chi connectivity index (χ1) is 7.74. The summed E-state index contributed by atoms with van der Waals surface area (Å²) < 4.78 is 12.2. The molecule has 0 atom stereocenters. The summed E-state index contributed by atoms with van der Waals surface area (Å²) in [5, 5.41) is 0. The van der Waals surface area contributed by atoms with Crippen molar-refractivity contribution in [1.82, 2.24) is 5.48 Å². The third-order valence-electron chi connectivity index (χ3n) is 2.48. The first kappa shape index (κ1) is 11.7. The van der Waals surface area contributed by atoms with E-state index in [0.29, 0.717) is 19.8 Å². The molecular formula is C11H14BrNO3. The summed E-state index contributed by atoms with van der Waals surface area (Å²) >= 11 is 3.56. The lowest BCUT2D eigenvalue weighted by molar-refractivity contribution is 0.0863. The molecule has 0 radical (unpaired) electrons. The van der Waals surface area contributed by atoms with Crippen molar-refractivity contribution >= 4 is 15.9 Å². The maximum atomic E-state index is 5.59. The van der Waals surface area contributed by atoms with Gasteiger partial charge in [0.1, 0.15) is 13.2 Å². The zero-order chi connectivity index (χ0) is 11.5. The van der Waals surface area contributed by atoms with Gasteiger partial charge in [0.05, 0.1) is 7.11 Å². The average Bonchev–Trinajstić information content (AvgIpc) is 2.32. The van der Waals surface area contributed by atoms with Gasteiger partial charge in [-0.3, -0.25) is 0 Å². The van der Waals surface area contributed by atoms with Crippen LogP contribution in [-0.2, 0) is 11.4 Å². The second kappa shape index (κ2) is 5.03. The van der Waals surface area contributed by atoms with E-state index in [9.17, 15) is 0 Å². The molecule has 1 aromatic carbocycles. The van der Waals surface area contributed by atoms with Crippen LogP contribution in [0.4, 0.5) is 0 Å². The zero-order valence-electron chi connectivity index (χ0n) is 9.30. The Morgan fingerprint density at radius 2 is 2.19 bits per heavy atom. The normalized spacial score (nSPS) is 13.9. The highest BCUT2D eigenvalue weighted by Gasteiger charge is 2.18. The molecule has 16 heavy (non-hydrogen) atoms. The van der Waals surface area contributed by atoms with E-state index in [4.69, 9.17) is 14.3 Å². The fourth-order valence-electron chi connectivity index (χ4n) is 1.67. The predicted octanol–water partition coefficient (Wildman–Crippen LogP) is 2.18. The van der Waals surface area contributed by atoms with E-state index in [1.165, 1.54) is 0 Å². The zero-order valence-corrected chi connectivity index (χ0v) is 10.9. The maximum Gasteiger partial charge on any atom is 0.165 e. The van der Waals surface area contributed by atoms with Crippen molar-refractivity contribution in [2.45, 2.75) is 13.5 Å². The predicted molar refractivity (Wildman–Crippen MR) is 63.7 cm³/mol. The number of rotatable bonds is 3. The maximum absolute atomic E-state index is 5.59. The van der Waals surface area contributed by atoms with Crippen LogP contribution >= 0.6 is 15.9 Å². The number of benzene rings is 1. The van der Waals surface area contributed by atoms with Gasteiger partial charge in [-0.2, -0.15) is 5.48 Å². The van der Waals surface area contributed by atoms with Crippen LogP contribution in [0, 0.1) is 6.92 Å². The Labute approximate surface area is 103 Å². The second-order valence-corrected chi connectivity index (χ2v) is 4.32. The largest absolute Gasteiger partial charge is 0.486 e. The van der Waals surface area contributed by atoms with Crippen LogP contribution in [0.3, 0.4) is 0 Å². The molecule has 1 aromatic rings. The molecular weight excluding hydrogens is 274 g/mol. The van der Waals surface area contributed by atoms with Crippen molar-refractivity contribution in [2.75, 3.05) is 20.3 Å². The van der Waals surface area contributed by atoms with E-state index in [1.54, 1.807) is 7.11 Å². The van der Waals surface area contributed by atoms with Crippen molar-refractivity contribution in [3.8, 4) is 11.5 Å². The Hall–Kier alpha value is -0.780. The molecule has 0 unspecified atom stereocenters. The van der Waals surface area contributed by atoms with E-state index in [2.05, 4.69) is 21.4 Å². The summed E-state index contributed by atoms with van der Waals surface area (Å²) in [5.74, 6) is 1.64. The third kappa shape index (κ3) is 2.16. The first-order valence-electron chi connectivity index (χ1n) is 5.07. The summed E-state index contributed by atoms with van der Waals surface area (Å²) in [5.41, 5.74) is 4.96. The van der Waals surface area contributed by atoms with Crippen molar-refractivity contribution < 1.29 is 14.3 Å². The van der Waals surface area contributed by atoms with Crippen molar-refractivity contribution in [3.63, 3.8) is 0 Å². The number of halogens is 1. The molecule has 0 fully saturated rings. The highest BCUT2D eigenvalue weighted by molar-refractivity contribution is 9.10. The molecule has 1 heterocycles. The van der Waals surface area contributed by atoms with E-state index in [0.717, 1.165) is 27.1 Å². The van der Waals surface area contributed by atoms with Crippen molar-refractivity contribution in [1.29, 1.82) is 0 Å². The van der Waals surface area contributed by atoms with Crippen LogP contribution in [0.25, 0.3) is 0 Å². The van der Waals surface area contributed by atoms with Crippen LogP contribution in [0.15, 0.2) is 10.5 Å². The smallest absolute Gasteiger partial charge is 0.165 e. The topological polar surface area (TPSA) is 39.7 Å². The van der Waals surface area contributed by atoms with Crippen LogP contribution in [0.2, 0.25) is 0 Å². The van der Waals surface area contributed by atoms with Crippen LogP contribution in [0.1, 0.15) is 11.1 Å². The molecule has 5 heteroatoms. The van der Waals surface area contributed by atoms with Gasteiger partial charge >= 0.3 is 0 Å². The number of ether oxygens (including phenoxy) is 2. The minimum atomic E-state index is 0.602. The minimum absolute atomic E-state index is 0.602. The number of hydrogen-bond acceptors (Lipinski definition) is 4. The molecule has 0 amide bonds. The van der Waals surface area contributed by atoms with Gasteiger partial charge in [0.25, 0.3) is 0 Å². The van der Waals surface area contributed by atoms with Gasteiger partial charge < -0.3 is 14.3 Å². The van der Waals surface area contributed by atoms with Gasteiger partial charge in [0, 0.05) is 16.6 Å². The van der Waals surface area contributed by atoms with Gasteiger partial charge in [0.2, 0.25) is 0 Å². The van der Waals surface area contributed by atoms with Gasteiger partial charge in [-0.25, -0.2) is 0 Å². The highest BCUT2D eigenvalue weighted by Crippen LogP contribution is 2.39. The van der Waals surface area contributed by atoms with Crippen LogP contribution < -0.4 is 15.0 Å². The number of hydrogen-bond donors (Lipinski definition) is 1. The molecule has 0 aromatic heterocycles. The van der Waals surface area contributed by atoms with E-state index in [-0.39, 0.29) is 0 Å². The molecule has 0 aliphatic carbocycles. The Morgan fingerprint density at radius 3 is 2.94 bits per heavy atom. The fraction of sp³-hybridized carbons (Fsp3) is 0.455. The SMILES string of the molecule is CONCc1cc2c(c(C)c1Br)OCCO2. The molecule has 1 N–H and O–H groups in total. The lowest BCUT2D eigenvalue weighted by atomic mass is 10.1. The Kier molecular flexibility index (Phi) is 3.68. The molecule has 88 valence electrons. The number of hydroxylamine groups is 1. The molecule has 4 nitrogen and oxygen atoms in total. The van der Waals surface area contributed by atoms with Gasteiger partial charge in [-0.05, 0) is 18.6 Å². The molecule has 2 rings (SSSR count). The quantitative estimate of drug-likeness (QED) is 0.865. The van der Waals surface area contributed by atoms with Gasteiger partial charge in [-0.15, -0.1) is 0 Å². The average molecular weight is 288 g/mol. The summed E-state index contributed by atoms with van der Waals surface area (Å²) in [4.78, 5) is 4.84. The second-order valence-electron chi connectivity index (χ2n) is 3.52. The summed E-state index contributed by atoms with van der Waals surface area (Å²) in [6.45, 7) is 3.84. The van der Waals surface area contributed by atoms with Crippen molar-refractivity contribution in [2.24, 2.45) is 0 Å². The van der Waals surface area contributed by atoms with E-state index in [1.807, 2.05) is 13.0 Å². The van der Waals surface area contributed by atoms with Crippen molar-refractivity contribution in [3.05, 3.63) is 21.7 Å². The molecule has 1 aliphatic heterocycles. The molecule has 1 aliphatic rings. The number of fused-ring (bicyclic) bond motifs is 1. The standard InChI is InChI=1S/C11H14BrNO3/c1-7-10(12)8(6-13-14-2)5-9-11(7)16-4-3-15-9/h5,13H,3-4,6H2,1-2H3. The summed E-state index contributed by atoms with van der Waals surface area (Å²) in [6, 6.07) is 1.97. The minimum Gasteiger partial charge on any atom is -0.486 e. The van der Waals surface area contributed by atoms with E-state index < -0.39 is 0 Å². The van der Waals surface area contributed by atoms with Crippen LogP contribution in [0.5, 0.6) is 11.5 Å². The molecule has 0 spiro atoms. The Balaban J connectivity index is 2.36. The number of nitrogens with one attached hydrogen (secondary N) is 1. The first-order valence-corrected chi connectivity index (χ1v) is 5.86. The van der Waals surface area contributed by atoms with E-state index >= 15 is 0 Å². The Bertz CT molecular complexity index is 395. The summed E-state index contributed by atoms with van der Waals surface area (Å²) in [7, 11) is 1.60. The Morgan fingerprint density at radius 1 is 1.44 bits per heavy atom. The van der Waals surface area contributed by atoms with Crippen LogP contribution in [-0.4, -0.2) is 20.3 Å². The lowest BCUT2D eigenvalue weighted by Crippen LogP contribution is -2.18. The molecule has 0 bridgehead atoms.